The third kappa shape index (κ3) is 13.3. The lowest BCUT2D eigenvalue weighted by molar-refractivity contribution is -0.164. The van der Waals surface area contributed by atoms with Gasteiger partial charge in [0.15, 0.2) is 0 Å². The van der Waals surface area contributed by atoms with E-state index in [0.717, 1.165) is 19.3 Å². The van der Waals surface area contributed by atoms with Crippen molar-refractivity contribution in [3.05, 3.63) is 12.2 Å². The first kappa shape index (κ1) is 28.7. The Bertz CT molecular complexity index is 514. The molecule has 0 spiro atoms. The first-order valence-electron chi connectivity index (χ1n) is 13.6. The van der Waals surface area contributed by atoms with Gasteiger partial charge in [-0.2, -0.15) is 0 Å². The highest BCUT2D eigenvalue weighted by Crippen LogP contribution is 2.28. The highest BCUT2D eigenvalue weighted by Gasteiger charge is 2.36. The Balaban J connectivity index is 2.03. The predicted molar refractivity (Wildman–Crippen MR) is 132 cm³/mol. The molecule has 186 valence electrons. The van der Waals surface area contributed by atoms with E-state index >= 15 is 0 Å². The second kappa shape index (κ2) is 19.2. The molecule has 3 unspecified atom stereocenters. The topological polar surface area (TPSA) is 52.6 Å². The highest BCUT2D eigenvalue weighted by molar-refractivity contribution is 5.82. The lowest BCUT2D eigenvalue weighted by atomic mass is 9.83. The zero-order valence-corrected chi connectivity index (χ0v) is 21.2. The fourth-order valence-electron chi connectivity index (χ4n) is 4.28. The van der Waals surface area contributed by atoms with Crippen LogP contribution in [-0.2, 0) is 19.1 Å². The molecule has 1 rings (SSSR count). The minimum absolute atomic E-state index is 0.111. The van der Waals surface area contributed by atoms with Crippen molar-refractivity contribution in [1.29, 1.82) is 0 Å². The monoisotopic (exact) mass is 450 g/mol. The molecule has 0 amide bonds. The largest absolute Gasteiger partial charge is 0.465 e. The molecular weight excluding hydrogens is 400 g/mol. The van der Waals surface area contributed by atoms with Crippen LogP contribution < -0.4 is 0 Å². The average Bonchev–Trinajstić information content (AvgIpc) is 2.81. The maximum atomic E-state index is 12.5. The summed E-state index contributed by atoms with van der Waals surface area (Å²) in [5.74, 6) is -1.31. The molecule has 0 fully saturated rings. The minimum atomic E-state index is -0.405. The number of allylic oxidation sites excluding steroid dienone is 2. The highest BCUT2D eigenvalue weighted by atomic mass is 16.5. The van der Waals surface area contributed by atoms with Crippen molar-refractivity contribution in [2.75, 3.05) is 6.61 Å². The Morgan fingerprint density at radius 3 is 1.62 bits per heavy atom. The number of unbranched alkanes of at least 4 members (excludes halogenated alkanes) is 13. The SMILES string of the molecule is CCCCCCCCCCCCCCCCOC(=O)C1CC=CCC1C(=O)OC(C)CC. The second-order valence-corrected chi connectivity index (χ2v) is 9.58. The second-order valence-electron chi connectivity index (χ2n) is 9.58. The fourth-order valence-corrected chi connectivity index (χ4v) is 4.28. The van der Waals surface area contributed by atoms with Gasteiger partial charge >= 0.3 is 11.9 Å². The molecule has 0 saturated heterocycles. The zero-order valence-electron chi connectivity index (χ0n) is 21.2. The number of carbonyl (C=O) groups is 2. The van der Waals surface area contributed by atoms with Crippen LogP contribution in [-0.4, -0.2) is 24.6 Å². The standard InChI is InChI=1S/C28H50O4/c1-4-6-7-8-9-10-11-12-13-14-15-16-17-20-23-31-27(29)25-21-18-19-22-26(25)28(30)32-24(3)5-2/h18-19,24-26H,4-17,20-23H2,1-3H3. The van der Waals surface area contributed by atoms with Gasteiger partial charge in [0.05, 0.1) is 24.5 Å². The van der Waals surface area contributed by atoms with Crippen LogP contribution in [0, 0.1) is 11.8 Å². The molecule has 0 heterocycles. The molecule has 0 radical (unpaired) electrons. The van der Waals surface area contributed by atoms with E-state index in [1.165, 1.54) is 77.0 Å². The van der Waals surface area contributed by atoms with E-state index in [1.54, 1.807) is 0 Å². The first-order valence-corrected chi connectivity index (χ1v) is 13.6. The van der Waals surface area contributed by atoms with Crippen LogP contribution in [0.15, 0.2) is 12.2 Å². The summed E-state index contributed by atoms with van der Waals surface area (Å²) in [5, 5.41) is 0. The van der Waals surface area contributed by atoms with Crippen LogP contribution in [0.1, 0.15) is 130 Å². The fraction of sp³-hybridized carbons (Fsp3) is 0.857. The summed E-state index contributed by atoms with van der Waals surface area (Å²) in [4.78, 5) is 25.0. The molecule has 4 nitrogen and oxygen atoms in total. The van der Waals surface area contributed by atoms with Crippen LogP contribution in [0.2, 0.25) is 0 Å². The number of hydrogen-bond donors (Lipinski definition) is 0. The molecule has 1 aliphatic carbocycles. The number of hydrogen-bond acceptors (Lipinski definition) is 4. The van der Waals surface area contributed by atoms with Gasteiger partial charge in [0.1, 0.15) is 0 Å². The number of esters is 2. The van der Waals surface area contributed by atoms with Gasteiger partial charge in [0.25, 0.3) is 0 Å². The van der Waals surface area contributed by atoms with Crippen molar-refractivity contribution >= 4 is 11.9 Å². The van der Waals surface area contributed by atoms with Gasteiger partial charge in [0, 0.05) is 0 Å². The first-order chi connectivity index (χ1) is 15.6. The quantitative estimate of drug-likeness (QED) is 0.114. The van der Waals surface area contributed by atoms with E-state index in [4.69, 9.17) is 9.47 Å². The number of ether oxygens (including phenoxy) is 2. The summed E-state index contributed by atoms with van der Waals surface area (Å²) in [5.41, 5.74) is 0. The molecule has 0 aromatic rings. The molecule has 1 aliphatic rings. The van der Waals surface area contributed by atoms with Crippen molar-refractivity contribution < 1.29 is 19.1 Å². The summed E-state index contributed by atoms with van der Waals surface area (Å²) in [7, 11) is 0. The molecule has 32 heavy (non-hydrogen) atoms. The Kier molecular flexibility index (Phi) is 17.2. The minimum Gasteiger partial charge on any atom is -0.465 e. The van der Waals surface area contributed by atoms with Crippen LogP contribution in [0.4, 0.5) is 0 Å². The van der Waals surface area contributed by atoms with Crippen LogP contribution in [0.3, 0.4) is 0 Å². The molecule has 0 aliphatic heterocycles. The van der Waals surface area contributed by atoms with E-state index in [0.29, 0.717) is 19.4 Å². The molecule has 0 aromatic carbocycles. The predicted octanol–water partition coefficient (Wildman–Crippen LogP) is 7.94. The van der Waals surface area contributed by atoms with Gasteiger partial charge in [-0.15, -0.1) is 0 Å². The molecule has 3 atom stereocenters. The van der Waals surface area contributed by atoms with Crippen molar-refractivity contribution in [2.45, 2.75) is 136 Å². The van der Waals surface area contributed by atoms with E-state index < -0.39 is 11.8 Å². The van der Waals surface area contributed by atoms with E-state index in [1.807, 2.05) is 26.0 Å². The number of rotatable bonds is 19. The lowest BCUT2D eigenvalue weighted by Gasteiger charge is -2.26. The smallest absolute Gasteiger partial charge is 0.310 e. The molecule has 0 N–H and O–H groups in total. The molecule has 0 aromatic heterocycles. The van der Waals surface area contributed by atoms with Gasteiger partial charge in [-0.3, -0.25) is 9.59 Å². The Hall–Kier alpha value is -1.32. The summed E-state index contributed by atoms with van der Waals surface area (Å²) < 4.78 is 11.0. The molecule has 4 heteroatoms. The Labute approximate surface area is 197 Å². The molecule has 0 saturated carbocycles. The normalized spacial score (nSPS) is 19.0. The summed E-state index contributed by atoms with van der Waals surface area (Å²) >= 11 is 0. The van der Waals surface area contributed by atoms with E-state index in [-0.39, 0.29) is 18.0 Å². The van der Waals surface area contributed by atoms with Crippen molar-refractivity contribution in [2.24, 2.45) is 11.8 Å². The molecule has 0 bridgehead atoms. The van der Waals surface area contributed by atoms with Crippen LogP contribution in [0.25, 0.3) is 0 Å². The Morgan fingerprint density at radius 1 is 0.719 bits per heavy atom. The van der Waals surface area contributed by atoms with Crippen molar-refractivity contribution in [3.8, 4) is 0 Å². The van der Waals surface area contributed by atoms with Crippen LogP contribution >= 0.6 is 0 Å². The Morgan fingerprint density at radius 2 is 1.16 bits per heavy atom. The summed E-state index contributed by atoms with van der Waals surface area (Å²) in [6.07, 6.45) is 24.1. The van der Waals surface area contributed by atoms with Crippen LogP contribution in [0.5, 0.6) is 0 Å². The third-order valence-corrected chi connectivity index (χ3v) is 6.67. The van der Waals surface area contributed by atoms with Gasteiger partial charge in [-0.1, -0.05) is 109 Å². The van der Waals surface area contributed by atoms with Gasteiger partial charge < -0.3 is 9.47 Å². The van der Waals surface area contributed by atoms with E-state index in [9.17, 15) is 9.59 Å². The third-order valence-electron chi connectivity index (χ3n) is 6.67. The summed E-state index contributed by atoms with van der Waals surface area (Å²) in [6.45, 7) is 6.61. The lowest BCUT2D eigenvalue weighted by Crippen LogP contribution is -2.35. The van der Waals surface area contributed by atoms with E-state index in [2.05, 4.69) is 6.92 Å². The maximum Gasteiger partial charge on any atom is 0.310 e. The summed E-state index contributed by atoms with van der Waals surface area (Å²) in [6, 6.07) is 0. The van der Waals surface area contributed by atoms with Crippen molar-refractivity contribution in [3.63, 3.8) is 0 Å². The maximum absolute atomic E-state index is 12.5. The van der Waals surface area contributed by atoms with Gasteiger partial charge in [0.2, 0.25) is 0 Å². The zero-order chi connectivity index (χ0) is 23.4. The average molecular weight is 451 g/mol. The van der Waals surface area contributed by atoms with Gasteiger partial charge in [-0.05, 0) is 32.6 Å². The molecular formula is C28H50O4. The van der Waals surface area contributed by atoms with Gasteiger partial charge in [-0.25, -0.2) is 0 Å². The van der Waals surface area contributed by atoms with Crippen molar-refractivity contribution in [1.82, 2.24) is 0 Å². The number of carbonyl (C=O) groups excluding carboxylic acids is 2.